The lowest BCUT2D eigenvalue weighted by Gasteiger charge is -2.55. The second-order valence-electron chi connectivity index (χ2n) is 6.35. The van der Waals surface area contributed by atoms with Crippen LogP contribution in [0.3, 0.4) is 0 Å². The fraction of sp³-hybridized carbons (Fsp3) is 0.571. The van der Waals surface area contributed by atoms with Gasteiger partial charge in [0, 0.05) is 0 Å². The number of benzene rings is 1. The highest BCUT2D eigenvalue weighted by atomic mass is 31.2. The summed E-state index contributed by atoms with van der Waals surface area (Å²) < 4.78 is 68.6. The standard InChI is InChI=1S/C14H15F4O3P/c1-11(2)12(3,4)22(21-11)19-8-5-6-9-10(7-8)14(17,18)20-13(9,15)16/h5-7H,1-4H3. The van der Waals surface area contributed by atoms with Crippen molar-refractivity contribution in [2.75, 3.05) is 0 Å². The van der Waals surface area contributed by atoms with E-state index in [0.29, 0.717) is 0 Å². The van der Waals surface area contributed by atoms with Crippen LogP contribution in [0.15, 0.2) is 18.2 Å². The minimum Gasteiger partial charge on any atom is -0.447 e. The Balaban J connectivity index is 1.87. The minimum atomic E-state index is -4.04. The summed E-state index contributed by atoms with van der Waals surface area (Å²) in [5.41, 5.74) is -2.11. The Labute approximate surface area is 126 Å². The maximum atomic E-state index is 13.5. The molecule has 0 saturated carbocycles. The van der Waals surface area contributed by atoms with Gasteiger partial charge in [-0.1, -0.05) is 0 Å². The van der Waals surface area contributed by atoms with E-state index in [2.05, 4.69) is 4.74 Å². The summed E-state index contributed by atoms with van der Waals surface area (Å²) >= 11 is 0. The summed E-state index contributed by atoms with van der Waals surface area (Å²) in [4.78, 5) is 0. The van der Waals surface area contributed by atoms with Crippen LogP contribution < -0.4 is 4.52 Å². The predicted molar refractivity (Wildman–Crippen MR) is 72.1 cm³/mol. The summed E-state index contributed by atoms with van der Waals surface area (Å²) in [5.74, 6) is 0.0643. The van der Waals surface area contributed by atoms with Crippen molar-refractivity contribution in [3.63, 3.8) is 0 Å². The Bertz CT molecular complexity index is 631. The van der Waals surface area contributed by atoms with E-state index in [1.54, 1.807) is 0 Å². The van der Waals surface area contributed by atoms with Crippen LogP contribution in [0.2, 0.25) is 0 Å². The van der Waals surface area contributed by atoms with Crippen LogP contribution in [0, 0.1) is 0 Å². The summed E-state index contributed by atoms with van der Waals surface area (Å²) in [7, 11) is -1.34. The highest BCUT2D eigenvalue weighted by Gasteiger charge is 2.60. The molecule has 1 fully saturated rings. The average Bonchev–Trinajstić information content (AvgIpc) is 2.54. The number of ether oxygens (including phenoxy) is 1. The van der Waals surface area contributed by atoms with Gasteiger partial charge in [-0.15, -0.1) is 0 Å². The maximum Gasteiger partial charge on any atom is 0.388 e. The number of alkyl halides is 4. The van der Waals surface area contributed by atoms with Crippen molar-refractivity contribution in [2.24, 2.45) is 0 Å². The van der Waals surface area contributed by atoms with E-state index < -0.39 is 37.3 Å². The van der Waals surface area contributed by atoms with Gasteiger partial charge in [-0.25, -0.2) is 4.74 Å². The van der Waals surface area contributed by atoms with Crippen LogP contribution in [-0.4, -0.2) is 10.8 Å². The molecule has 0 radical (unpaired) electrons. The van der Waals surface area contributed by atoms with Gasteiger partial charge in [0.2, 0.25) is 8.38 Å². The van der Waals surface area contributed by atoms with E-state index in [0.717, 1.165) is 12.1 Å². The van der Waals surface area contributed by atoms with Gasteiger partial charge in [-0.3, -0.25) is 0 Å². The van der Waals surface area contributed by atoms with E-state index in [4.69, 9.17) is 9.05 Å². The van der Waals surface area contributed by atoms with Crippen LogP contribution in [0.25, 0.3) is 0 Å². The Morgan fingerprint density at radius 2 is 1.55 bits per heavy atom. The van der Waals surface area contributed by atoms with Gasteiger partial charge >= 0.3 is 12.2 Å². The topological polar surface area (TPSA) is 27.7 Å². The van der Waals surface area contributed by atoms with Crippen molar-refractivity contribution < 1.29 is 31.3 Å². The van der Waals surface area contributed by atoms with Gasteiger partial charge in [0.25, 0.3) is 0 Å². The molecule has 0 spiro atoms. The normalized spacial score (nSPS) is 29.5. The molecule has 2 aliphatic heterocycles. The molecule has 2 heterocycles. The van der Waals surface area contributed by atoms with Gasteiger partial charge in [0.1, 0.15) is 5.75 Å². The molecule has 0 N–H and O–H groups in total. The Kier molecular flexibility index (Phi) is 3.15. The molecule has 0 aliphatic carbocycles. The first kappa shape index (κ1) is 16.0. The van der Waals surface area contributed by atoms with Crippen molar-refractivity contribution in [2.45, 2.75) is 50.7 Å². The molecule has 1 saturated heterocycles. The molecular formula is C14H15F4O3P. The number of fused-ring (bicyclic) bond motifs is 1. The third-order valence-electron chi connectivity index (χ3n) is 4.30. The lowest BCUT2D eigenvalue weighted by Crippen LogP contribution is -2.55. The number of halogens is 4. The van der Waals surface area contributed by atoms with E-state index in [9.17, 15) is 17.6 Å². The fourth-order valence-corrected chi connectivity index (χ4v) is 3.99. The molecule has 1 aromatic rings. The quantitative estimate of drug-likeness (QED) is 0.555. The van der Waals surface area contributed by atoms with Gasteiger partial charge in [-0.05, 0) is 45.9 Å². The van der Waals surface area contributed by atoms with E-state index >= 15 is 0 Å². The summed E-state index contributed by atoms with van der Waals surface area (Å²) in [6, 6.07) is 3.02. The van der Waals surface area contributed by atoms with Crippen LogP contribution in [0.1, 0.15) is 38.8 Å². The SMILES string of the molecule is CC1(C)OP(Oc2ccc3c(c2)C(F)(F)OC3(F)F)C1(C)C. The van der Waals surface area contributed by atoms with Gasteiger partial charge < -0.3 is 9.05 Å². The number of rotatable bonds is 2. The lowest BCUT2D eigenvalue weighted by molar-refractivity contribution is -0.369. The first-order chi connectivity index (χ1) is 9.87. The van der Waals surface area contributed by atoms with Gasteiger partial charge in [-0.2, -0.15) is 17.6 Å². The van der Waals surface area contributed by atoms with Crippen LogP contribution in [-0.2, 0) is 21.5 Å². The third-order valence-corrected chi connectivity index (χ3v) is 6.75. The van der Waals surface area contributed by atoms with Crippen molar-refractivity contribution in [3.05, 3.63) is 29.3 Å². The molecule has 3 rings (SSSR count). The molecule has 8 heteroatoms. The number of hydrogen-bond acceptors (Lipinski definition) is 3. The molecule has 0 amide bonds. The largest absolute Gasteiger partial charge is 0.447 e. The van der Waals surface area contributed by atoms with Crippen molar-refractivity contribution in [1.29, 1.82) is 0 Å². The van der Waals surface area contributed by atoms with Crippen LogP contribution >= 0.6 is 8.38 Å². The van der Waals surface area contributed by atoms with E-state index in [1.165, 1.54) is 6.07 Å². The van der Waals surface area contributed by atoms with Gasteiger partial charge in [0.15, 0.2) is 0 Å². The maximum absolute atomic E-state index is 13.5. The van der Waals surface area contributed by atoms with Gasteiger partial charge in [0.05, 0.1) is 21.9 Å². The summed E-state index contributed by atoms with van der Waals surface area (Å²) in [5, 5.41) is -0.287. The smallest absolute Gasteiger partial charge is 0.388 e. The minimum absolute atomic E-state index is 0.0643. The molecule has 1 unspecified atom stereocenters. The summed E-state index contributed by atoms with van der Waals surface area (Å²) in [6.45, 7) is 7.70. The molecule has 0 bridgehead atoms. The van der Waals surface area contributed by atoms with Crippen molar-refractivity contribution >= 4 is 8.38 Å². The molecule has 1 atom stereocenters. The first-order valence-corrected chi connectivity index (χ1v) is 7.83. The Hall–Kier alpha value is -0.910. The van der Waals surface area contributed by atoms with E-state index in [-0.39, 0.29) is 10.9 Å². The zero-order valence-corrected chi connectivity index (χ0v) is 13.3. The van der Waals surface area contributed by atoms with Crippen molar-refractivity contribution in [3.8, 4) is 5.75 Å². The van der Waals surface area contributed by atoms with Crippen molar-refractivity contribution in [1.82, 2.24) is 0 Å². The zero-order chi connectivity index (χ0) is 16.6. The second-order valence-corrected chi connectivity index (χ2v) is 8.35. The zero-order valence-electron chi connectivity index (χ0n) is 12.4. The molecule has 0 aromatic heterocycles. The Morgan fingerprint density at radius 3 is 2.09 bits per heavy atom. The van der Waals surface area contributed by atoms with E-state index in [1.807, 2.05) is 27.7 Å². The number of hydrogen-bond donors (Lipinski definition) is 0. The average molecular weight is 338 g/mol. The third kappa shape index (κ3) is 2.14. The van der Waals surface area contributed by atoms with Crippen LogP contribution in [0.4, 0.5) is 17.6 Å². The highest BCUT2D eigenvalue weighted by Crippen LogP contribution is 2.69. The summed E-state index contributed by atoms with van der Waals surface area (Å²) in [6.07, 6.45) is -8.04. The molecule has 22 heavy (non-hydrogen) atoms. The molecule has 2 aliphatic rings. The fourth-order valence-electron chi connectivity index (χ4n) is 2.19. The second kappa shape index (κ2) is 4.34. The monoisotopic (exact) mass is 338 g/mol. The highest BCUT2D eigenvalue weighted by molar-refractivity contribution is 7.51. The first-order valence-electron chi connectivity index (χ1n) is 6.65. The molecule has 122 valence electrons. The molecule has 1 aromatic carbocycles. The Morgan fingerprint density at radius 1 is 0.955 bits per heavy atom. The predicted octanol–water partition coefficient (Wildman–Crippen LogP) is 5.09. The van der Waals surface area contributed by atoms with Crippen LogP contribution in [0.5, 0.6) is 5.75 Å². The molecule has 3 nitrogen and oxygen atoms in total. The lowest BCUT2D eigenvalue weighted by atomic mass is 9.93. The molecular weight excluding hydrogens is 323 g/mol.